The van der Waals surface area contributed by atoms with Gasteiger partial charge in [-0.2, -0.15) is 4.31 Å². The van der Waals surface area contributed by atoms with Crippen LogP contribution in [0.5, 0.6) is 11.5 Å². The SMILES string of the molecule is CCOc1ccc(/C=C/C(=O)N2CCN(S(=O)(=O)c3ccc(F)c(Cl)c3)CC2)cc1OC. The molecule has 1 fully saturated rings. The normalized spacial score (nSPS) is 15.2. The van der Waals surface area contributed by atoms with Gasteiger partial charge in [0.15, 0.2) is 11.5 Å². The molecule has 1 aliphatic heterocycles. The molecule has 1 saturated heterocycles. The van der Waals surface area contributed by atoms with E-state index in [9.17, 15) is 17.6 Å². The number of carbonyl (C=O) groups is 1. The molecular formula is C22H24ClFN2O5S. The van der Waals surface area contributed by atoms with E-state index in [4.69, 9.17) is 21.1 Å². The Bertz CT molecular complexity index is 1120. The molecule has 3 rings (SSSR count). The van der Waals surface area contributed by atoms with Gasteiger partial charge >= 0.3 is 0 Å². The Labute approximate surface area is 192 Å². The Morgan fingerprint density at radius 3 is 2.47 bits per heavy atom. The zero-order valence-electron chi connectivity index (χ0n) is 17.8. The van der Waals surface area contributed by atoms with Gasteiger partial charge in [-0.05, 0) is 48.9 Å². The van der Waals surface area contributed by atoms with Crippen LogP contribution in [0.1, 0.15) is 12.5 Å². The van der Waals surface area contributed by atoms with Crippen LogP contribution in [0.15, 0.2) is 47.4 Å². The molecule has 0 saturated carbocycles. The fourth-order valence-electron chi connectivity index (χ4n) is 3.27. The topological polar surface area (TPSA) is 76.2 Å². The van der Waals surface area contributed by atoms with Gasteiger partial charge in [-0.15, -0.1) is 0 Å². The first-order valence-electron chi connectivity index (χ1n) is 9.99. The highest BCUT2D eigenvalue weighted by molar-refractivity contribution is 7.89. The number of amides is 1. The first kappa shape index (κ1) is 24.0. The van der Waals surface area contributed by atoms with Crippen LogP contribution in [0.2, 0.25) is 5.02 Å². The zero-order valence-corrected chi connectivity index (χ0v) is 19.3. The fourth-order valence-corrected chi connectivity index (χ4v) is 4.96. The molecule has 0 atom stereocenters. The van der Waals surface area contributed by atoms with E-state index in [0.29, 0.717) is 18.1 Å². The molecule has 1 amide bonds. The number of piperazine rings is 1. The van der Waals surface area contributed by atoms with Crippen LogP contribution in [0, 0.1) is 5.82 Å². The highest BCUT2D eigenvalue weighted by Gasteiger charge is 2.30. The monoisotopic (exact) mass is 482 g/mol. The molecule has 1 heterocycles. The summed E-state index contributed by atoms with van der Waals surface area (Å²) >= 11 is 5.72. The van der Waals surface area contributed by atoms with Crippen LogP contribution in [0.3, 0.4) is 0 Å². The maximum atomic E-state index is 13.4. The van der Waals surface area contributed by atoms with Crippen molar-refractivity contribution in [3.8, 4) is 11.5 Å². The number of halogens is 2. The lowest BCUT2D eigenvalue weighted by atomic mass is 10.2. The molecule has 0 radical (unpaired) electrons. The molecule has 172 valence electrons. The van der Waals surface area contributed by atoms with E-state index in [1.807, 2.05) is 13.0 Å². The van der Waals surface area contributed by atoms with Crippen molar-refractivity contribution in [2.24, 2.45) is 0 Å². The standard InChI is InChI=1S/C22H24ClFN2O5S/c1-3-31-20-8-4-16(14-21(20)30-2)5-9-22(27)25-10-12-26(13-11-25)32(28,29)17-6-7-19(24)18(23)15-17/h4-9,14-15H,3,10-13H2,1-2H3/b9-5+. The van der Waals surface area contributed by atoms with Crippen LogP contribution in [-0.4, -0.2) is 63.4 Å². The van der Waals surface area contributed by atoms with Gasteiger partial charge < -0.3 is 14.4 Å². The predicted octanol–water partition coefficient (Wildman–Crippen LogP) is 3.43. The Morgan fingerprint density at radius 1 is 1.12 bits per heavy atom. The number of carbonyl (C=O) groups excluding carboxylic acids is 1. The van der Waals surface area contributed by atoms with Gasteiger partial charge in [-0.25, -0.2) is 12.8 Å². The Kier molecular flexibility index (Phi) is 7.76. The van der Waals surface area contributed by atoms with Gasteiger partial charge in [0, 0.05) is 32.3 Å². The van der Waals surface area contributed by atoms with Gasteiger partial charge in [0.2, 0.25) is 15.9 Å². The van der Waals surface area contributed by atoms with E-state index >= 15 is 0 Å². The fraction of sp³-hybridized carbons (Fsp3) is 0.318. The van der Waals surface area contributed by atoms with E-state index in [-0.39, 0.29) is 42.0 Å². The van der Waals surface area contributed by atoms with Crippen molar-refractivity contribution in [2.45, 2.75) is 11.8 Å². The minimum Gasteiger partial charge on any atom is -0.493 e. The van der Waals surface area contributed by atoms with Crippen molar-refractivity contribution < 1.29 is 27.1 Å². The van der Waals surface area contributed by atoms with E-state index in [0.717, 1.165) is 17.7 Å². The van der Waals surface area contributed by atoms with Crippen molar-refractivity contribution in [1.82, 2.24) is 9.21 Å². The maximum Gasteiger partial charge on any atom is 0.246 e. The molecule has 7 nitrogen and oxygen atoms in total. The summed E-state index contributed by atoms with van der Waals surface area (Å²) in [5.41, 5.74) is 0.771. The number of methoxy groups -OCH3 is 1. The highest BCUT2D eigenvalue weighted by Crippen LogP contribution is 2.28. The van der Waals surface area contributed by atoms with Crippen molar-refractivity contribution in [2.75, 3.05) is 39.9 Å². The average Bonchev–Trinajstić information content (AvgIpc) is 2.80. The van der Waals surface area contributed by atoms with E-state index < -0.39 is 15.8 Å². The van der Waals surface area contributed by atoms with Gasteiger partial charge in [-0.1, -0.05) is 17.7 Å². The van der Waals surface area contributed by atoms with Crippen molar-refractivity contribution in [3.63, 3.8) is 0 Å². The minimum atomic E-state index is -3.82. The highest BCUT2D eigenvalue weighted by atomic mass is 35.5. The average molecular weight is 483 g/mol. The Balaban J connectivity index is 1.62. The third-order valence-electron chi connectivity index (χ3n) is 4.99. The second-order valence-electron chi connectivity index (χ2n) is 6.98. The number of benzene rings is 2. The van der Waals surface area contributed by atoms with Crippen LogP contribution in [0.4, 0.5) is 4.39 Å². The van der Waals surface area contributed by atoms with Crippen LogP contribution < -0.4 is 9.47 Å². The quantitative estimate of drug-likeness (QED) is 0.565. The summed E-state index contributed by atoms with van der Waals surface area (Å²) in [5, 5.41) is -0.254. The van der Waals surface area contributed by atoms with Gasteiger partial charge in [0.05, 0.1) is 23.6 Å². The molecule has 1 aliphatic rings. The predicted molar refractivity (Wildman–Crippen MR) is 120 cm³/mol. The van der Waals surface area contributed by atoms with E-state index in [1.165, 1.54) is 16.4 Å². The first-order chi connectivity index (χ1) is 15.3. The van der Waals surface area contributed by atoms with Crippen LogP contribution in [0.25, 0.3) is 6.08 Å². The number of sulfonamides is 1. The lowest BCUT2D eigenvalue weighted by Crippen LogP contribution is -2.50. The van der Waals surface area contributed by atoms with Gasteiger partial charge in [-0.3, -0.25) is 4.79 Å². The molecule has 10 heteroatoms. The van der Waals surface area contributed by atoms with E-state index in [1.54, 1.807) is 30.2 Å². The number of nitrogens with zero attached hydrogens (tertiary/aromatic N) is 2. The summed E-state index contributed by atoms with van der Waals surface area (Å²) in [6, 6.07) is 8.66. The van der Waals surface area contributed by atoms with Crippen molar-refractivity contribution in [3.05, 3.63) is 58.9 Å². The summed E-state index contributed by atoms with van der Waals surface area (Å²) in [6.07, 6.45) is 3.11. The molecule has 0 bridgehead atoms. The molecule has 0 aliphatic carbocycles. The van der Waals surface area contributed by atoms with Crippen LogP contribution in [-0.2, 0) is 14.8 Å². The Morgan fingerprint density at radius 2 is 1.84 bits per heavy atom. The second kappa shape index (κ2) is 10.3. The van der Waals surface area contributed by atoms with Crippen LogP contribution >= 0.6 is 11.6 Å². The number of hydrogen-bond donors (Lipinski definition) is 0. The molecule has 2 aromatic rings. The second-order valence-corrected chi connectivity index (χ2v) is 9.33. The smallest absolute Gasteiger partial charge is 0.246 e. The molecule has 32 heavy (non-hydrogen) atoms. The third-order valence-corrected chi connectivity index (χ3v) is 7.17. The summed E-state index contributed by atoms with van der Waals surface area (Å²) in [6.45, 7) is 3.14. The van der Waals surface area contributed by atoms with Gasteiger partial charge in [0.25, 0.3) is 0 Å². The summed E-state index contributed by atoms with van der Waals surface area (Å²) in [4.78, 5) is 14.1. The van der Waals surface area contributed by atoms with Crippen molar-refractivity contribution >= 4 is 33.6 Å². The molecular weight excluding hydrogens is 459 g/mol. The first-order valence-corrected chi connectivity index (χ1v) is 11.8. The van der Waals surface area contributed by atoms with Crippen molar-refractivity contribution in [1.29, 1.82) is 0 Å². The zero-order chi connectivity index (χ0) is 23.3. The number of hydrogen-bond acceptors (Lipinski definition) is 5. The Hall–Kier alpha value is -2.62. The maximum absolute atomic E-state index is 13.4. The minimum absolute atomic E-state index is 0.0759. The lowest BCUT2D eigenvalue weighted by molar-refractivity contribution is -0.127. The molecule has 0 N–H and O–H groups in total. The lowest BCUT2D eigenvalue weighted by Gasteiger charge is -2.33. The number of ether oxygens (including phenoxy) is 2. The summed E-state index contributed by atoms with van der Waals surface area (Å²) < 4.78 is 51.0. The third kappa shape index (κ3) is 5.40. The summed E-state index contributed by atoms with van der Waals surface area (Å²) in [5.74, 6) is 0.289. The number of rotatable bonds is 7. The summed E-state index contributed by atoms with van der Waals surface area (Å²) in [7, 11) is -2.28. The molecule has 0 spiro atoms. The molecule has 2 aromatic carbocycles. The largest absolute Gasteiger partial charge is 0.493 e. The van der Waals surface area contributed by atoms with Gasteiger partial charge in [0.1, 0.15) is 5.82 Å². The molecule has 0 unspecified atom stereocenters. The van der Waals surface area contributed by atoms with E-state index in [2.05, 4.69) is 0 Å². The molecule has 0 aromatic heterocycles.